The van der Waals surface area contributed by atoms with Crippen LogP contribution in [0.2, 0.25) is 0 Å². The molecule has 0 aromatic carbocycles. The highest BCUT2D eigenvalue weighted by Crippen LogP contribution is 2.26. The summed E-state index contributed by atoms with van der Waals surface area (Å²) in [5, 5.41) is 3.37. The second-order valence-corrected chi connectivity index (χ2v) is 6.45. The van der Waals surface area contributed by atoms with E-state index in [1.54, 1.807) is 0 Å². The van der Waals surface area contributed by atoms with E-state index in [-0.39, 0.29) is 5.41 Å². The molecule has 1 aliphatic heterocycles. The average molecular weight is 233 g/mol. The van der Waals surface area contributed by atoms with Gasteiger partial charge in [0.2, 0.25) is 0 Å². The van der Waals surface area contributed by atoms with Crippen LogP contribution in [-0.2, 0) is 19.5 Å². The molecule has 2 rings (SSSR count). The number of rotatable bonds is 2. The summed E-state index contributed by atoms with van der Waals surface area (Å²) in [6.45, 7) is 12.9. The monoisotopic (exact) mass is 233 g/mol. The summed E-state index contributed by atoms with van der Waals surface area (Å²) in [6.07, 6.45) is 0.944. The van der Waals surface area contributed by atoms with Gasteiger partial charge in [0, 0.05) is 25.1 Å². The van der Waals surface area contributed by atoms with E-state index in [2.05, 4.69) is 39.9 Å². The fourth-order valence-corrected chi connectivity index (χ4v) is 2.28. The molecule has 1 aromatic heterocycles. The maximum Gasteiger partial charge on any atom is 0.129 e. The normalized spacial score (nSPS) is 15.4. The first-order chi connectivity index (χ1) is 7.87. The number of hydrogen-bond donors (Lipinski definition) is 1. The van der Waals surface area contributed by atoms with E-state index in [9.17, 15) is 0 Å². The number of nitrogens with one attached hydrogen (secondary N) is 1. The van der Waals surface area contributed by atoms with Gasteiger partial charge in [0.1, 0.15) is 5.82 Å². The first kappa shape index (κ1) is 12.5. The highest BCUT2D eigenvalue weighted by molar-refractivity contribution is 5.31. The molecule has 0 unspecified atom stereocenters. The molecule has 3 heteroatoms. The molecule has 0 bridgehead atoms. The van der Waals surface area contributed by atoms with Gasteiger partial charge in [-0.1, -0.05) is 34.6 Å². The third kappa shape index (κ3) is 2.83. The van der Waals surface area contributed by atoms with Crippen LogP contribution in [0.3, 0.4) is 0 Å². The largest absolute Gasteiger partial charge is 0.307 e. The lowest BCUT2D eigenvalue weighted by Gasteiger charge is -2.19. The summed E-state index contributed by atoms with van der Waals surface area (Å²) in [5.74, 6) is 1.48. The van der Waals surface area contributed by atoms with Crippen LogP contribution in [0.15, 0.2) is 0 Å². The average Bonchev–Trinajstić information content (AvgIpc) is 2.60. The van der Waals surface area contributed by atoms with Crippen LogP contribution < -0.4 is 5.32 Å². The van der Waals surface area contributed by atoms with Crippen molar-refractivity contribution in [1.82, 2.24) is 15.3 Å². The summed E-state index contributed by atoms with van der Waals surface area (Å²) in [6, 6.07) is 0. The second-order valence-electron chi connectivity index (χ2n) is 6.45. The van der Waals surface area contributed by atoms with Crippen molar-refractivity contribution in [3.05, 3.63) is 22.8 Å². The highest BCUT2D eigenvalue weighted by Gasteiger charge is 2.22. The zero-order valence-corrected chi connectivity index (χ0v) is 11.6. The lowest BCUT2D eigenvalue weighted by Crippen LogP contribution is -2.15. The standard InChI is InChI=1S/C14H23N3/c1-9(2)13-10-7-15-8-11(10)16-12(17-13)6-14(3,4)5/h9,15H,6-8H2,1-5H3. The summed E-state index contributed by atoms with van der Waals surface area (Å²) in [4.78, 5) is 9.49. The van der Waals surface area contributed by atoms with E-state index in [1.165, 1.54) is 17.0 Å². The number of fused-ring (bicyclic) bond motifs is 1. The van der Waals surface area contributed by atoms with Crippen LogP contribution in [0.4, 0.5) is 0 Å². The summed E-state index contributed by atoms with van der Waals surface area (Å²) >= 11 is 0. The molecule has 0 atom stereocenters. The zero-order chi connectivity index (χ0) is 12.6. The van der Waals surface area contributed by atoms with Crippen molar-refractivity contribution in [2.24, 2.45) is 5.41 Å². The molecule has 0 radical (unpaired) electrons. The van der Waals surface area contributed by atoms with Crippen LogP contribution in [-0.4, -0.2) is 9.97 Å². The molecule has 0 fully saturated rings. The van der Waals surface area contributed by atoms with Gasteiger partial charge >= 0.3 is 0 Å². The van der Waals surface area contributed by atoms with Crippen molar-refractivity contribution in [3.63, 3.8) is 0 Å². The van der Waals surface area contributed by atoms with Gasteiger partial charge in [-0.05, 0) is 11.3 Å². The SMILES string of the molecule is CC(C)c1nc(CC(C)(C)C)nc2c1CNC2. The van der Waals surface area contributed by atoms with E-state index >= 15 is 0 Å². The Morgan fingerprint density at radius 2 is 1.88 bits per heavy atom. The van der Waals surface area contributed by atoms with Gasteiger partial charge in [0.25, 0.3) is 0 Å². The fraction of sp³-hybridized carbons (Fsp3) is 0.714. The summed E-state index contributed by atoms with van der Waals surface area (Å²) < 4.78 is 0. The topological polar surface area (TPSA) is 37.8 Å². The predicted molar refractivity (Wildman–Crippen MR) is 69.8 cm³/mol. The molecule has 94 valence electrons. The maximum absolute atomic E-state index is 4.78. The molecule has 0 spiro atoms. The second kappa shape index (κ2) is 4.37. The van der Waals surface area contributed by atoms with Crippen molar-refractivity contribution in [2.75, 3.05) is 0 Å². The maximum atomic E-state index is 4.78. The Kier molecular flexibility index (Phi) is 3.21. The smallest absolute Gasteiger partial charge is 0.129 e. The van der Waals surface area contributed by atoms with Crippen LogP contribution >= 0.6 is 0 Å². The quantitative estimate of drug-likeness (QED) is 0.853. The Morgan fingerprint density at radius 1 is 1.18 bits per heavy atom. The van der Waals surface area contributed by atoms with Gasteiger partial charge in [-0.15, -0.1) is 0 Å². The first-order valence-corrected chi connectivity index (χ1v) is 6.46. The summed E-state index contributed by atoms with van der Waals surface area (Å²) in [5.41, 5.74) is 4.02. The minimum Gasteiger partial charge on any atom is -0.307 e. The Hall–Kier alpha value is -0.960. The van der Waals surface area contributed by atoms with Gasteiger partial charge in [0.05, 0.1) is 11.4 Å². The zero-order valence-electron chi connectivity index (χ0n) is 11.6. The van der Waals surface area contributed by atoms with Crippen molar-refractivity contribution < 1.29 is 0 Å². The predicted octanol–water partition coefficient (Wildman–Crippen LogP) is 2.79. The Morgan fingerprint density at radius 3 is 2.47 bits per heavy atom. The van der Waals surface area contributed by atoms with Gasteiger partial charge < -0.3 is 5.32 Å². The van der Waals surface area contributed by atoms with E-state index in [1.807, 2.05) is 0 Å². The number of nitrogens with zero attached hydrogens (tertiary/aromatic N) is 2. The van der Waals surface area contributed by atoms with Crippen LogP contribution in [0.1, 0.15) is 63.3 Å². The molecule has 3 nitrogen and oxygen atoms in total. The van der Waals surface area contributed by atoms with Crippen molar-refractivity contribution >= 4 is 0 Å². The Labute approximate surface area is 104 Å². The van der Waals surface area contributed by atoms with Crippen LogP contribution in [0.25, 0.3) is 0 Å². The minimum atomic E-state index is 0.245. The first-order valence-electron chi connectivity index (χ1n) is 6.46. The number of aromatic nitrogens is 2. The van der Waals surface area contributed by atoms with E-state index in [0.717, 1.165) is 25.3 Å². The van der Waals surface area contributed by atoms with Crippen LogP contribution in [0.5, 0.6) is 0 Å². The molecule has 0 saturated heterocycles. The third-order valence-electron chi connectivity index (χ3n) is 3.00. The molecule has 17 heavy (non-hydrogen) atoms. The van der Waals surface area contributed by atoms with Crippen LogP contribution in [0, 0.1) is 5.41 Å². The van der Waals surface area contributed by atoms with Crippen molar-refractivity contribution in [2.45, 2.75) is 60.0 Å². The summed E-state index contributed by atoms with van der Waals surface area (Å²) in [7, 11) is 0. The molecule has 0 aliphatic carbocycles. The lowest BCUT2D eigenvalue weighted by atomic mass is 9.91. The van der Waals surface area contributed by atoms with Gasteiger partial charge in [0.15, 0.2) is 0 Å². The number of hydrogen-bond acceptors (Lipinski definition) is 3. The molecule has 0 saturated carbocycles. The van der Waals surface area contributed by atoms with E-state index in [0.29, 0.717) is 5.92 Å². The van der Waals surface area contributed by atoms with Crippen molar-refractivity contribution in [1.29, 1.82) is 0 Å². The van der Waals surface area contributed by atoms with Gasteiger partial charge in [-0.2, -0.15) is 0 Å². The lowest BCUT2D eigenvalue weighted by molar-refractivity contribution is 0.399. The molecule has 1 aliphatic rings. The third-order valence-corrected chi connectivity index (χ3v) is 3.00. The fourth-order valence-electron chi connectivity index (χ4n) is 2.28. The van der Waals surface area contributed by atoms with Gasteiger partial charge in [-0.25, -0.2) is 9.97 Å². The molecule has 0 amide bonds. The van der Waals surface area contributed by atoms with Gasteiger partial charge in [-0.3, -0.25) is 0 Å². The molecule has 1 aromatic rings. The highest BCUT2D eigenvalue weighted by atomic mass is 15.0. The minimum absolute atomic E-state index is 0.245. The molecule has 2 heterocycles. The molecular formula is C14H23N3. The Balaban J connectivity index is 2.40. The van der Waals surface area contributed by atoms with E-state index < -0.39 is 0 Å². The molecular weight excluding hydrogens is 210 g/mol. The Bertz CT molecular complexity index is 416. The molecule has 1 N–H and O–H groups in total. The van der Waals surface area contributed by atoms with E-state index in [4.69, 9.17) is 9.97 Å². The van der Waals surface area contributed by atoms with Crippen molar-refractivity contribution in [3.8, 4) is 0 Å².